The Morgan fingerprint density at radius 3 is 2.87 bits per heavy atom. The molecule has 0 aliphatic heterocycles. The molecule has 2 aromatic rings. The third kappa shape index (κ3) is 2.82. The van der Waals surface area contributed by atoms with E-state index in [0.29, 0.717) is 12.4 Å². The molecule has 4 heteroatoms. The molecule has 0 saturated carbocycles. The molecule has 2 rings (SSSR count). The summed E-state index contributed by atoms with van der Waals surface area (Å²) in [5, 5.41) is 3.24. The molecule has 3 N–H and O–H groups in total. The van der Waals surface area contributed by atoms with Gasteiger partial charge >= 0.3 is 0 Å². The van der Waals surface area contributed by atoms with Gasteiger partial charge in [-0.25, -0.2) is 0 Å². The van der Waals surface area contributed by atoms with Crippen LogP contribution in [0.5, 0.6) is 0 Å². The predicted molar refractivity (Wildman–Crippen MR) is 57.9 cm³/mol. The van der Waals surface area contributed by atoms with Gasteiger partial charge in [-0.05, 0) is 17.7 Å². The highest BCUT2D eigenvalue weighted by Gasteiger charge is 1.98. The van der Waals surface area contributed by atoms with Gasteiger partial charge in [-0.3, -0.25) is 4.98 Å². The van der Waals surface area contributed by atoms with Gasteiger partial charge < -0.3 is 15.5 Å². The third-order valence-electron chi connectivity index (χ3n) is 2.03. The first-order chi connectivity index (χ1) is 7.34. The van der Waals surface area contributed by atoms with E-state index >= 15 is 0 Å². The molecule has 0 saturated heterocycles. The van der Waals surface area contributed by atoms with Crippen LogP contribution in [0.2, 0.25) is 0 Å². The number of pyridine rings is 1. The monoisotopic (exact) mass is 203 g/mol. The molecule has 0 aliphatic rings. The predicted octanol–water partition coefficient (Wildman–Crippen LogP) is 1.55. The maximum atomic E-state index is 5.46. The molecule has 0 aliphatic carbocycles. The molecule has 0 radical (unpaired) electrons. The lowest BCUT2D eigenvalue weighted by Crippen LogP contribution is -2.12. The van der Waals surface area contributed by atoms with E-state index in [1.165, 1.54) is 0 Å². The van der Waals surface area contributed by atoms with Crippen molar-refractivity contribution in [2.75, 3.05) is 5.73 Å². The minimum Gasteiger partial charge on any atom is -0.445 e. The van der Waals surface area contributed by atoms with Crippen LogP contribution in [0.3, 0.4) is 0 Å². The Morgan fingerprint density at radius 1 is 1.27 bits per heavy atom. The van der Waals surface area contributed by atoms with Crippen molar-refractivity contribution in [2.45, 2.75) is 13.1 Å². The van der Waals surface area contributed by atoms with Gasteiger partial charge in [0.2, 0.25) is 0 Å². The second-order valence-corrected chi connectivity index (χ2v) is 3.27. The summed E-state index contributed by atoms with van der Waals surface area (Å²) in [4.78, 5) is 4.03. The fraction of sp³-hybridized carbons (Fsp3) is 0.182. The topological polar surface area (TPSA) is 64.1 Å². The Bertz CT molecular complexity index is 411. The second-order valence-electron chi connectivity index (χ2n) is 3.27. The second kappa shape index (κ2) is 4.61. The minimum atomic E-state index is 0.452. The standard InChI is InChI=1S/C11H13N3O/c12-11-4-3-10(15-11)8-14-7-9-2-1-5-13-6-9/h1-6,14H,7-8,12H2. The van der Waals surface area contributed by atoms with Crippen LogP contribution < -0.4 is 11.1 Å². The average molecular weight is 203 g/mol. The summed E-state index contributed by atoms with van der Waals surface area (Å²) in [5.41, 5.74) is 6.61. The molecule has 0 fully saturated rings. The van der Waals surface area contributed by atoms with Crippen LogP contribution in [0.1, 0.15) is 11.3 Å². The summed E-state index contributed by atoms with van der Waals surface area (Å²) < 4.78 is 5.22. The lowest BCUT2D eigenvalue weighted by atomic mass is 10.3. The number of furan rings is 1. The quantitative estimate of drug-likeness (QED) is 0.791. The van der Waals surface area contributed by atoms with Crippen molar-refractivity contribution in [2.24, 2.45) is 0 Å². The summed E-state index contributed by atoms with van der Waals surface area (Å²) in [7, 11) is 0. The third-order valence-corrected chi connectivity index (χ3v) is 2.03. The van der Waals surface area contributed by atoms with Gasteiger partial charge in [-0.1, -0.05) is 6.07 Å². The number of aromatic nitrogens is 1. The Kier molecular flexibility index (Phi) is 2.99. The van der Waals surface area contributed by atoms with Gasteiger partial charge in [0.1, 0.15) is 5.76 Å². The van der Waals surface area contributed by atoms with Crippen molar-refractivity contribution in [1.29, 1.82) is 0 Å². The van der Waals surface area contributed by atoms with Crippen molar-refractivity contribution in [3.05, 3.63) is 48.0 Å². The highest BCUT2D eigenvalue weighted by molar-refractivity contribution is 5.25. The van der Waals surface area contributed by atoms with Crippen LogP contribution >= 0.6 is 0 Å². The smallest absolute Gasteiger partial charge is 0.190 e. The Morgan fingerprint density at radius 2 is 2.20 bits per heavy atom. The lowest BCUT2D eigenvalue weighted by molar-refractivity contribution is 0.497. The van der Waals surface area contributed by atoms with Gasteiger partial charge in [-0.15, -0.1) is 0 Å². The molecule has 15 heavy (non-hydrogen) atoms. The normalized spacial score (nSPS) is 10.4. The van der Waals surface area contributed by atoms with Crippen LogP contribution in [0, 0.1) is 0 Å². The number of nitrogens with two attached hydrogens (primary N) is 1. The van der Waals surface area contributed by atoms with Crippen molar-refractivity contribution in [3.63, 3.8) is 0 Å². The van der Waals surface area contributed by atoms with E-state index in [1.807, 2.05) is 24.4 Å². The molecule has 2 aromatic heterocycles. The van der Waals surface area contributed by atoms with Gasteiger partial charge in [0, 0.05) is 25.0 Å². The zero-order valence-corrected chi connectivity index (χ0v) is 8.31. The van der Waals surface area contributed by atoms with Crippen LogP contribution in [0.25, 0.3) is 0 Å². The first kappa shape index (κ1) is 9.73. The molecule has 4 nitrogen and oxygen atoms in total. The van der Waals surface area contributed by atoms with Crippen molar-refractivity contribution in [3.8, 4) is 0 Å². The number of nitrogen functional groups attached to an aromatic ring is 1. The summed E-state index contributed by atoms with van der Waals surface area (Å²) >= 11 is 0. The largest absolute Gasteiger partial charge is 0.445 e. The van der Waals surface area contributed by atoms with Crippen molar-refractivity contribution in [1.82, 2.24) is 10.3 Å². The molecule has 0 aromatic carbocycles. The van der Waals surface area contributed by atoms with E-state index in [0.717, 1.165) is 17.9 Å². The van der Waals surface area contributed by atoms with Crippen LogP contribution in [0.4, 0.5) is 5.88 Å². The Balaban J connectivity index is 1.80. The molecular weight excluding hydrogens is 190 g/mol. The van der Waals surface area contributed by atoms with E-state index in [9.17, 15) is 0 Å². The van der Waals surface area contributed by atoms with Gasteiger partial charge in [0.05, 0.1) is 6.54 Å². The SMILES string of the molecule is Nc1ccc(CNCc2cccnc2)o1. The zero-order chi connectivity index (χ0) is 10.5. The van der Waals surface area contributed by atoms with Gasteiger partial charge in [-0.2, -0.15) is 0 Å². The average Bonchev–Trinajstić information content (AvgIpc) is 2.66. The highest BCUT2D eigenvalue weighted by Crippen LogP contribution is 2.08. The number of rotatable bonds is 4. The summed E-state index contributed by atoms with van der Waals surface area (Å²) in [6.45, 7) is 1.44. The van der Waals surface area contributed by atoms with E-state index in [-0.39, 0.29) is 0 Å². The Hall–Kier alpha value is -1.81. The minimum absolute atomic E-state index is 0.452. The molecule has 0 bridgehead atoms. The molecule has 0 amide bonds. The molecule has 0 atom stereocenters. The summed E-state index contributed by atoms with van der Waals surface area (Å²) in [5.74, 6) is 1.30. The van der Waals surface area contributed by atoms with Crippen LogP contribution in [0.15, 0.2) is 41.1 Å². The van der Waals surface area contributed by atoms with Gasteiger partial charge in [0.25, 0.3) is 0 Å². The molecule has 2 heterocycles. The Labute approximate surface area is 88.1 Å². The fourth-order valence-corrected chi connectivity index (χ4v) is 1.32. The van der Waals surface area contributed by atoms with Crippen molar-refractivity contribution < 1.29 is 4.42 Å². The number of nitrogens with zero attached hydrogens (tertiary/aromatic N) is 1. The first-order valence-electron chi connectivity index (χ1n) is 4.78. The number of hydrogen-bond donors (Lipinski definition) is 2. The van der Waals surface area contributed by atoms with Gasteiger partial charge in [0.15, 0.2) is 5.88 Å². The number of nitrogens with one attached hydrogen (secondary N) is 1. The molecule has 0 spiro atoms. The molecule has 78 valence electrons. The maximum absolute atomic E-state index is 5.46. The van der Waals surface area contributed by atoms with E-state index in [4.69, 9.17) is 10.2 Å². The van der Waals surface area contributed by atoms with E-state index < -0.39 is 0 Å². The lowest BCUT2D eigenvalue weighted by Gasteiger charge is -2.01. The number of hydrogen-bond acceptors (Lipinski definition) is 4. The van der Waals surface area contributed by atoms with E-state index in [1.54, 1.807) is 12.3 Å². The molecular formula is C11H13N3O. The van der Waals surface area contributed by atoms with E-state index in [2.05, 4.69) is 10.3 Å². The fourth-order valence-electron chi connectivity index (χ4n) is 1.32. The highest BCUT2D eigenvalue weighted by atomic mass is 16.4. The summed E-state index contributed by atoms with van der Waals surface area (Å²) in [6, 6.07) is 7.56. The summed E-state index contributed by atoms with van der Waals surface area (Å²) in [6.07, 6.45) is 3.60. The maximum Gasteiger partial charge on any atom is 0.190 e. The first-order valence-corrected chi connectivity index (χ1v) is 4.78. The van der Waals surface area contributed by atoms with Crippen molar-refractivity contribution >= 4 is 5.88 Å². The molecule has 0 unspecified atom stereocenters. The van der Waals surface area contributed by atoms with Crippen LogP contribution in [-0.2, 0) is 13.1 Å². The van der Waals surface area contributed by atoms with Crippen LogP contribution in [-0.4, -0.2) is 4.98 Å². The zero-order valence-electron chi connectivity index (χ0n) is 8.31. The number of anilines is 1.